The Morgan fingerprint density at radius 2 is 2.13 bits per heavy atom. The quantitative estimate of drug-likeness (QED) is 0.909. The van der Waals surface area contributed by atoms with Crippen LogP contribution in [-0.2, 0) is 7.05 Å². The van der Waals surface area contributed by atoms with Gasteiger partial charge in [0.1, 0.15) is 0 Å². The minimum absolute atomic E-state index is 0.0877. The van der Waals surface area contributed by atoms with E-state index >= 15 is 0 Å². The summed E-state index contributed by atoms with van der Waals surface area (Å²) in [5.74, 6) is 0.872. The van der Waals surface area contributed by atoms with E-state index in [0.29, 0.717) is 6.04 Å². The highest BCUT2D eigenvalue weighted by molar-refractivity contribution is 5.84. The van der Waals surface area contributed by atoms with Crippen molar-refractivity contribution in [2.75, 3.05) is 13.1 Å². The van der Waals surface area contributed by atoms with Gasteiger partial charge in [-0.3, -0.25) is 4.79 Å². The number of allylic oxidation sites excluding steroid dienone is 1. The third-order valence-corrected chi connectivity index (χ3v) is 5.50. The summed E-state index contributed by atoms with van der Waals surface area (Å²) in [6.45, 7) is 2.10. The molecule has 1 aromatic heterocycles. The minimum Gasteiger partial charge on any atom is -0.384 e. The van der Waals surface area contributed by atoms with E-state index in [1.54, 1.807) is 4.57 Å². The number of rotatable bonds is 2. The minimum atomic E-state index is 0.0877. The fraction of sp³-hybridized carbons (Fsp3) is 0.421. The molecule has 0 radical (unpaired) electrons. The van der Waals surface area contributed by atoms with Crippen molar-refractivity contribution in [2.45, 2.75) is 25.3 Å². The highest BCUT2D eigenvalue weighted by atomic mass is 16.1. The third-order valence-electron chi connectivity index (χ3n) is 5.50. The van der Waals surface area contributed by atoms with Gasteiger partial charge in [-0.15, -0.1) is 0 Å². The second kappa shape index (κ2) is 4.63. The fourth-order valence-corrected chi connectivity index (χ4v) is 4.09. The van der Waals surface area contributed by atoms with Crippen LogP contribution in [0.3, 0.4) is 0 Å². The summed E-state index contributed by atoms with van der Waals surface area (Å²) in [6, 6.07) is 2.47. The molecule has 4 aliphatic rings. The van der Waals surface area contributed by atoms with Gasteiger partial charge in [0.25, 0.3) is 5.56 Å². The Balaban J connectivity index is 1.70. The van der Waals surface area contributed by atoms with Crippen molar-refractivity contribution in [3.63, 3.8) is 0 Å². The molecule has 3 heterocycles. The molecule has 0 bridgehead atoms. The molecule has 1 aromatic rings. The summed E-state index contributed by atoms with van der Waals surface area (Å²) >= 11 is 0. The van der Waals surface area contributed by atoms with Crippen molar-refractivity contribution in [3.05, 3.63) is 57.2 Å². The Labute approximate surface area is 135 Å². The molecule has 2 aliphatic carbocycles. The van der Waals surface area contributed by atoms with Crippen LogP contribution in [0, 0.1) is 5.92 Å². The maximum absolute atomic E-state index is 12.7. The number of aromatic nitrogens is 1. The van der Waals surface area contributed by atoms with Crippen LogP contribution >= 0.6 is 0 Å². The Hall–Kier alpha value is -2.23. The number of nitrogens with zero attached hydrogens (tertiary/aromatic N) is 2. The normalized spacial score (nSPS) is 24.8. The van der Waals surface area contributed by atoms with Gasteiger partial charge in [0.15, 0.2) is 0 Å². The van der Waals surface area contributed by atoms with Crippen LogP contribution in [0.5, 0.6) is 0 Å². The predicted molar refractivity (Wildman–Crippen MR) is 91.6 cm³/mol. The Kier molecular flexibility index (Phi) is 2.67. The average Bonchev–Trinajstić information content (AvgIpc) is 3.31. The van der Waals surface area contributed by atoms with Gasteiger partial charge in [0, 0.05) is 38.1 Å². The van der Waals surface area contributed by atoms with Gasteiger partial charge in [-0.05, 0) is 42.4 Å². The number of nitrogens with one attached hydrogen (secondary N) is 1. The first-order chi connectivity index (χ1) is 11.2. The van der Waals surface area contributed by atoms with Crippen LogP contribution < -0.4 is 10.9 Å². The van der Waals surface area contributed by atoms with Gasteiger partial charge >= 0.3 is 0 Å². The molecule has 23 heavy (non-hydrogen) atoms. The van der Waals surface area contributed by atoms with E-state index in [9.17, 15) is 4.79 Å². The van der Waals surface area contributed by atoms with Crippen LogP contribution in [0.4, 0.5) is 0 Å². The van der Waals surface area contributed by atoms with Crippen LogP contribution in [0.2, 0.25) is 0 Å². The molecule has 1 fully saturated rings. The molecule has 4 heteroatoms. The second-order valence-electron chi connectivity index (χ2n) is 7.14. The maximum atomic E-state index is 12.7. The number of aryl methyl sites for hydroxylation is 1. The molecule has 5 rings (SSSR count). The summed E-state index contributed by atoms with van der Waals surface area (Å²) in [6.07, 6.45) is 12.3. The summed E-state index contributed by atoms with van der Waals surface area (Å²) < 4.78 is 1.68. The lowest BCUT2D eigenvalue weighted by Gasteiger charge is -2.32. The topological polar surface area (TPSA) is 37.3 Å². The van der Waals surface area contributed by atoms with E-state index in [1.165, 1.54) is 30.5 Å². The van der Waals surface area contributed by atoms with Crippen molar-refractivity contribution in [2.24, 2.45) is 13.0 Å². The number of fused-ring (bicyclic) bond motifs is 2. The Morgan fingerprint density at radius 3 is 2.96 bits per heavy atom. The fourth-order valence-electron chi connectivity index (χ4n) is 4.09. The first-order valence-electron chi connectivity index (χ1n) is 8.56. The molecule has 0 amide bonds. The molecular weight excluding hydrogens is 286 g/mol. The zero-order valence-corrected chi connectivity index (χ0v) is 13.4. The number of pyridine rings is 1. The molecule has 1 unspecified atom stereocenters. The van der Waals surface area contributed by atoms with Gasteiger partial charge in [0.05, 0.1) is 17.3 Å². The third kappa shape index (κ3) is 1.94. The molecule has 1 N–H and O–H groups in total. The summed E-state index contributed by atoms with van der Waals surface area (Å²) in [5, 5.41) is 3.53. The van der Waals surface area contributed by atoms with Crippen molar-refractivity contribution in [3.8, 4) is 0 Å². The van der Waals surface area contributed by atoms with E-state index in [-0.39, 0.29) is 5.56 Å². The van der Waals surface area contributed by atoms with E-state index in [0.717, 1.165) is 35.7 Å². The van der Waals surface area contributed by atoms with Crippen LogP contribution in [0.15, 0.2) is 40.5 Å². The smallest absolute Gasteiger partial charge is 0.260 e. The molecule has 4 nitrogen and oxygen atoms in total. The standard InChI is InChI=1S/C19H21N3O/c1-21-9-7-13-4-5-14-11-22(10-12-2-3-12)15-6-8-20-18(16(14)15)17(13)19(21)23/h4-5,7,9,11-12,15,20H,2-3,6,8,10H2,1H3. The molecule has 118 valence electrons. The second-order valence-corrected chi connectivity index (χ2v) is 7.14. The molecule has 0 spiro atoms. The molecular formula is C19H21N3O. The first kappa shape index (κ1) is 13.2. The molecule has 1 atom stereocenters. The van der Waals surface area contributed by atoms with Gasteiger partial charge in [-0.1, -0.05) is 12.2 Å². The summed E-state index contributed by atoms with van der Waals surface area (Å²) in [5.41, 5.74) is 5.61. The highest BCUT2D eigenvalue weighted by Crippen LogP contribution is 2.42. The van der Waals surface area contributed by atoms with Crippen molar-refractivity contribution in [1.29, 1.82) is 0 Å². The lowest BCUT2D eigenvalue weighted by molar-refractivity contribution is 0.297. The van der Waals surface area contributed by atoms with E-state index < -0.39 is 0 Å². The SMILES string of the molecule is Cn1ccc2c(c1=O)C1=C3C(=CN(CC4CC4)C3CCN1)C=C2. The zero-order valence-electron chi connectivity index (χ0n) is 13.4. The van der Waals surface area contributed by atoms with Crippen molar-refractivity contribution >= 4 is 11.8 Å². The number of hydrogen-bond donors (Lipinski definition) is 1. The molecule has 2 aliphatic heterocycles. The molecule has 0 saturated heterocycles. The lowest BCUT2D eigenvalue weighted by Crippen LogP contribution is -2.39. The van der Waals surface area contributed by atoms with E-state index in [2.05, 4.69) is 28.6 Å². The lowest BCUT2D eigenvalue weighted by atomic mass is 9.92. The van der Waals surface area contributed by atoms with Gasteiger partial charge in [0.2, 0.25) is 0 Å². The van der Waals surface area contributed by atoms with Crippen LogP contribution in [-0.4, -0.2) is 28.6 Å². The van der Waals surface area contributed by atoms with Gasteiger partial charge < -0.3 is 14.8 Å². The monoisotopic (exact) mass is 307 g/mol. The largest absolute Gasteiger partial charge is 0.384 e. The Morgan fingerprint density at radius 1 is 1.26 bits per heavy atom. The molecule has 1 saturated carbocycles. The highest BCUT2D eigenvalue weighted by Gasteiger charge is 2.38. The Bertz CT molecular complexity index is 839. The summed E-state index contributed by atoms with van der Waals surface area (Å²) in [7, 11) is 1.83. The van der Waals surface area contributed by atoms with Crippen LogP contribution in [0.25, 0.3) is 11.8 Å². The van der Waals surface area contributed by atoms with Gasteiger partial charge in [-0.25, -0.2) is 0 Å². The first-order valence-corrected chi connectivity index (χ1v) is 8.56. The van der Waals surface area contributed by atoms with Crippen LogP contribution in [0.1, 0.15) is 30.4 Å². The number of hydrogen-bond acceptors (Lipinski definition) is 3. The van der Waals surface area contributed by atoms with E-state index in [4.69, 9.17) is 0 Å². The molecule has 0 aromatic carbocycles. The van der Waals surface area contributed by atoms with Crippen molar-refractivity contribution in [1.82, 2.24) is 14.8 Å². The zero-order chi connectivity index (χ0) is 15.6. The maximum Gasteiger partial charge on any atom is 0.260 e. The van der Waals surface area contributed by atoms with E-state index in [1.807, 2.05) is 19.3 Å². The van der Waals surface area contributed by atoms with Gasteiger partial charge in [-0.2, -0.15) is 0 Å². The van der Waals surface area contributed by atoms with Crippen molar-refractivity contribution < 1.29 is 0 Å². The summed E-state index contributed by atoms with van der Waals surface area (Å²) in [4.78, 5) is 15.3. The average molecular weight is 307 g/mol. The predicted octanol–water partition coefficient (Wildman–Crippen LogP) is 2.09.